The summed E-state index contributed by atoms with van der Waals surface area (Å²) in [5.74, 6) is 0. The van der Waals surface area contributed by atoms with Gasteiger partial charge in [-0.05, 0) is 26.2 Å². The molecular weight excluding hydrogens is 170 g/mol. The number of nitrogens with two attached hydrogens (primary N) is 1. The Kier molecular flexibility index (Phi) is 3.70. The molecule has 0 saturated carbocycles. The van der Waals surface area contributed by atoms with Crippen molar-refractivity contribution >= 4 is 10.2 Å². The number of rotatable bonds is 3. The normalized spacial score (nSPS) is 33.5. The summed E-state index contributed by atoms with van der Waals surface area (Å²) in [4.78, 5) is 0. The molecule has 0 amide bonds. The third kappa shape index (κ3) is 3.22. The van der Waals surface area contributed by atoms with E-state index in [9.17, 15) is 0 Å². The Balaban J connectivity index is 2.26. The third-order valence-electron chi connectivity index (χ3n) is 2.08. The zero-order valence-electron chi connectivity index (χ0n) is 8.01. The zero-order chi connectivity index (χ0) is 9.03. The molecule has 0 aromatic rings. The van der Waals surface area contributed by atoms with Crippen LogP contribution in [0.4, 0.5) is 0 Å². The van der Waals surface area contributed by atoms with Gasteiger partial charge >= 0.3 is 0 Å². The lowest BCUT2D eigenvalue weighted by atomic mass is 10.2. The molecule has 1 heterocycles. The van der Waals surface area contributed by atoms with Crippen LogP contribution in [0.2, 0.25) is 0 Å². The lowest BCUT2D eigenvalue weighted by Gasteiger charge is -2.34. The fourth-order valence-electron chi connectivity index (χ4n) is 1.33. The summed E-state index contributed by atoms with van der Waals surface area (Å²) in [5.41, 5.74) is 5.37. The Labute approximate surface area is 77.0 Å². The van der Waals surface area contributed by atoms with Gasteiger partial charge in [0.25, 0.3) is 0 Å². The van der Waals surface area contributed by atoms with Crippen molar-refractivity contribution in [2.45, 2.75) is 37.6 Å². The van der Waals surface area contributed by atoms with Crippen molar-refractivity contribution in [1.82, 2.24) is 0 Å². The van der Waals surface area contributed by atoms with Gasteiger partial charge < -0.3 is 15.2 Å². The monoisotopic (exact) mass is 189 g/mol. The molecule has 1 aliphatic heterocycles. The molecule has 72 valence electrons. The second kappa shape index (κ2) is 4.37. The lowest BCUT2D eigenvalue weighted by Crippen LogP contribution is -2.42. The van der Waals surface area contributed by atoms with E-state index >= 15 is 0 Å². The third-order valence-corrected chi connectivity index (χ3v) is 3.16. The molecule has 2 atom stereocenters. The molecule has 0 bridgehead atoms. The van der Waals surface area contributed by atoms with Crippen LogP contribution in [0.25, 0.3) is 0 Å². The summed E-state index contributed by atoms with van der Waals surface area (Å²) < 4.78 is 11.2. The van der Waals surface area contributed by atoms with Crippen molar-refractivity contribution in [2.75, 3.05) is 13.2 Å². The molecule has 0 spiro atoms. The second-order valence-electron chi connectivity index (χ2n) is 3.73. The highest BCUT2D eigenvalue weighted by Gasteiger charge is 2.28. The molecule has 12 heavy (non-hydrogen) atoms. The SMILES string of the molecule is CC(N)COC1([SiH3])CCCCO1. The molecule has 0 aromatic carbocycles. The maximum atomic E-state index is 5.65. The van der Waals surface area contributed by atoms with E-state index in [2.05, 4.69) is 0 Å². The maximum Gasteiger partial charge on any atom is 0.141 e. The van der Waals surface area contributed by atoms with Crippen molar-refractivity contribution in [3.63, 3.8) is 0 Å². The average molecular weight is 189 g/mol. The number of hydrogen-bond acceptors (Lipinski definition) is 3. The standard InChI is InChI=1S/C8H19NO2Si/c1-7(9)6-11-8(12)4-2-3-5-10-8/h7H,2-6,9H2,1,12H3. The first kappa shape index (κ1) is 10.2. The summed E-state index contributed by atoms with van der Waals surface area (Å²) in [6, 6.07) is 0.112. The predicted octanol–water partition coefficient (Wildman–Crippen LogP) is -0.430. The van der Waals surface area contributed by atoms with Gasteiger partial charge in [-0.15, -0.1) is 0 Å². The Morgan fingerprint density at radius 3 is 2.92 bits per heavy atom. The van der Waals surface area contributed by atoms with Crippen LogP contribution in [0.3, 0.4) is 0 Å². The molecule has 1 aliphatic rings. The summed E-state index contributed by atoms with van der Waals surface area (Å²) >= 11 is 0. The first-order chi connectivity index (χ1) is 5.62. The van der Waals surface area contributed by atoms with E-state index in [0.29, 0.717) is 6.61 Å². The average Bonchev–Trinajstić information content (AvgIpc) is 2.03. The van der Waals surface area contributed by atoms with Gasteiger partial charge in [0, 0.05) is 12.6 Å². The van der Waals surface area contributed by atoms with Gasteiger partial charge in [0.2, 0.25) is 0 Å². The van der Waals surface area contributed by atoms with Gasteiger partial charge in [-0.1, -0.05) is 0 Å². The quantitative estimate of drug-likeness (QED) is 0.613. The molecule has 0 aliphatic carbocycles. The minimum absolute atomic E-state index is 0.112. The van der Waals surface area contributed by atoms with Crippen LogP contribution >= 0.6 is 0 Å². The van der Waals surface area contributed by atoms with Crippen LogP contribution in [0.5, 0.6) is 0 Å². The van der Waals surface area contributed by atoms with Gasteiger partial charge in [0.05, 0.1) is 16.8 Å². The fraction of sp³-hybridized carbons (Fsp3) is 1.00. The fourth-order valence-corrected chi connectivity index (χ4v) is 2.05. The first-order valence-corrected chi connectivity index (χ1v) is 5.66. The van der Waals surface area contributed by atoms with Crippen LogP contribution in [0.15, 0.2) is 0 Å². The highest BCUT2D eigenvalue weighted by molar-refractivity contribution is 6.13. The Hall–Kier alpha value is 0.0969. The molecule has 0 aromatic heterocycles. The second-order valence-corrected chi connectivity index (χ2v) is 5.25. The van der Waals surface area contributed by atoms with Gasteiger partial charge in [-0.25, -0.2) is 0 Å². The Bertz CT molecular complexity index is 135. The van der Waals surface area contributed by atoms with Gasteiger partial charge in [0.1, 0.15) is 5.41 Å². The van der Waals surface area contributed by atoms with Crippen LogP contribution in [0, 0.1) is 0 Å². The summed E-state index contributed by atoms with van der Waals surface area (Å²) in [7, 11) is 0.935. The minimum Gasteiger partial charge on any atom is -0.355 e. The van der Waals surface area contributed by atoms with Crippen LogP contribution < -0.4 is 5.73 Å². The molecule has 2 N–H and O–H groups in total. The maximum absolute atomic E-state index is 5.65. The molecule has 2 unspecified atom stereocenters. The van der Waals surface area contributed by atoms with Crippen molar-refractivity contribution in [3.8, 4) is 0 Å². The zero-order valence-corrected chi connectivity index (χ0v) is 10.0. The van der Waals surface area contributed by atoms with Crippen molar-refractivity contribution < 1.29 is 9.47 Å². The van der Waals surface area contributed by atoms with Gasteiger partial charge in [-0.3, -0.25) is 0 Å². The largest absolute Gasteiger partial charge is 0.355 e. The van der Waals surface area contributed by atoms with E-state index in [4.69, 9.17) is 15.2 Å². The van der Waals surface area contributed by atoms with Crippen LogP contribution in [0.1, 0.15) is 26.2 Å². The molecule has 4 heteroatoms. The number of ether oxygens (including phenoxy) is 2. The predicted molar refractivity (Wildman–Crippen MR) is 52.1 cm³/mol. The van der Waals surface area contributed by atoms with Crippen molar-refractivity contribution in [2.24, 2.45) is 5.73 Å². The molecular formula is C8H19NO2Si. The van der Waals surface area contributed by atoms with E-state index in [1.807, 2.05) is 6.92 Å². The highest BCUT2D eigenvalue weighted by Crippen LogP contribution is 2.22. The van der Waals surface area contributed by atoms with E-state index in [1.54, 1.807) is 0 Å². The number of hydrogen-bond donors (Lipinski definition) is 1. The Morgan fingerprint density at radius 1 is 1.67 bits per heavy atom. The summed E-state index contributed by atoms with van der Waals surface area (Å²) in [5, 5.41) is 0. The van der Waals surface area contributed by atoms with Gasteiger partial charge in [-0.2, -0.15) is 0 Å². The van der Waals surface area contributed by atoms with Crippen molar-refractivity contribution in [1.29, 1.82) is 0 Å². The summed E-state index contributed by atoms with van der Waals surface area (Å²) in [6.07, 6.45) is 3.44. The van der Waals surface area contributed by atoms with E-state index in [-0.39, 0.29) is 11.5 Å². The van der Waals surface area contributed by atoms with Crippen LogP contribution in [-0.2, 0) is 9.47 Å². The summed E-state index contributed by atoms with van der Waals surface area (Å²) in [6.45, 7) is 3.42. The van der Waals surface area contributed by atoms with E-state index < -0.39 is 0 Å². The van der Waals surface area contributed by atoms with E-state index in [0.717, 1.165) is 23.3 Å². The van der Waals surface area contributed by atoms with E-state index in [1.165, 1.54) is 12.8 Å². The molecule has 0 radical (unpaired) electrons. The molecule has 1 rings (SSSR count). The molecule has 1 fully saturated rings. The van der Waals surface area contributed by atoms with Crippen LogP contribution in [-0.4, -0.2) is 34.9 Å². The van der Waals surface area contributed by atoms with Crippen molar-refractivity contribution in [3.05, 3.63) is 0 Å². The molecule has 3 nitrogen and oxygen atoms in total. The molecule has 1 saturated heterocycles. The minimum atomic E-state index is -0.230. The first-order valence-electron chi connectivity index (χ1n) is 4.66. The lowest BCUT2D eigenvalue weighted by molar-refractivity contribution is -0.199. The topological polar surface area (TPSA) is 44.5 Å². The van der Waals surface area contributed by atoms with Gasteiger partial charge in [0.15, 0.2) is 0 Å². The highest BCUT2D eigenvalue weighted by atomic mass is 28.1. The smallest absolute Gasteiger partial charge is 0.141 e. The Morgan fingerprint density at radius 2 is 2.42 bits per heavy atom.